The molecule has 3 nitrogen and oxygen atoms in total. The predicted molar refractivity (Wildman–Crippen MR) is 104 cm³/mol. The van der Waals surface area contributed by atoms with E-state index in [4.69, 9.17) is 11.6 Å². The second-order valence-corrected chi connectivity index (χ2v) is 6.35. The SMILES string of the molecule is O=C(Cc1ccc(NCc2cccc(Cl)c2)cc1)Nc1cccc(F)c1. The van der Waals surface area contributed by atoms with Crippen molar-refractivity contribution < 1.29 is 9.18 Å². The Kier molecular flexibility index (Phi) is 5.87. The maximum Gasteiger partial charge on any atom is 0.228 e. The minimum atomic E-state index is -0.377. The third-order valence-electron chi connectivity index (χ3n) is 3.81. The zero-order valence-electron chi connectivity index (χ0n) is 14.0. The molecule has 1 amide bonds. The van der Waals surface area contributed by atoms with Crippen molar-refractivity contribution in [3.05, 3.63) is 94.8 Å². The summed E-state index contributed by atoms with van der Waals surface area (Å²) in [5.74, 6) is -0.562. The molecule has 3 aromatic carbocycles. The standard InChI is InChI=1S/C21H18ClFN2O/c22-17-4-1-3-16(11-17)14-24-19-9-7-15(8-10-19)12-21(26)25-20-6-2-5-18(23)13-20/h1-11,13,24H,12,14H2,(H,25,26). The Morgan fingerprint density at radius 3 is 2.38 bits per heavy atom. The van der Waals surface area contributed by atoms with Crippen molar-refractivity contribution in [1.29, 1.82) is 0 Å². The summed E-state index contributed by atoms with van der Waals surface area (Å²) in [7, 11) is 0. The molecule has 0 saturated carbocycles. The summed E-state index contributed by atoms with van der Waals surface area (Å²) >= 11 is 5.98. The van der Waals surface area contributed by atoms with E-state index in [0.29, 0.717) is 17.3 Å². The Bertz CT molecular complexity index is 897. The molecule has 0 aromatic heterocycles. The minimum absolute atomic E-state index is 0.185. The normalized spacial score (nSPS) is 10.4. The van der Waals surface area contributed by atoms with E-state index in [-0.39, 0.29) is 18.1 Å². The smallest absolute Gasteiger partial charge is 0.228 e. The molecule has 5 heteroatoms. The average Bonchev–Trinajstić information content (AvgIpc) is 2.61. The summed E-state index contributed by atoms with van der Waals surface area (Å²) in [6.07, 6.45) is 0.227. The van der Waals surface area contributed by atoms with Gasteiger partial charge in [0.2, 0.25) is 5.91 Å². The summed E-state index contributed by atoms with van der Waals surface area (Å²) in [6, 6.07) is 21.2. The van der Waals surface area contributed by atoms with Gasteiger partial charge in [0.1, 0.15) is 5.82 Å². The molecule has 0 aliphatic heterocycles. The van der Waals surface area contributed by atoms with Crippen molar-refractivity contribution in [2.75, 3.05) is 10.6 Å². The third-order valence-corrected chi connectivity index (χ3v) is 4.05. The Morgan fingerprint density at radius 1 is 0.885 bits per heavy atom. The molecular weight excluding hydrogens is 351 g/mol. The van der Waals surface area contributed by atoms with E-state index >= 15 is 0 Å². The zero-order chi connectivity index (χ0) is 18.4. The summed E-state index contributed by atoms with van der Waals surface area (Å²) in [5, 5.41) is 6.72. The number of benzene rings is 3. The van der Waals surface area contributed by atoms with Gasteiger partial charge >= 0.3 is 0 Å². The molecule has 0 aliphatic carbocycles. The Labute approximate surface area is 156 Å². The molecule has 0 radical (unpaired) electrons. The van der Waals surface area contributed by atoms with E-state index in [2.05, 4.69) is 10.6 Å². The van der Waals surface area contributed by atoms with Crippen molar-refractivity contribution in [3.8, 4) is 0 Å². The topological polar surface area (TPSA) is 41.1 Å². The second-order valence-electron chi connectivity index (χ2n) is 5.92. The third kappa shape index (κ3) is 5.33. The van der Waals surface area contributed by atoms with Crippen molar-refractivity contribution in [2.24, 2.45) is 0 Å². The lowest BCUT2D eigenvalue weighted by molar-refractivity contribution is -0.115. The first-order valence-electron chi connectivity index (χ1n) is 8.21. The fourth-order valence-electron chi connectivity index (χ4n) is 2.55. The lowest BCUT2D eigenvalue weighted by Gasteiger charge is -2.09. The van der Waals surface area contributed by atoms with Gasteiger partial charge in [-0.25, -0.2) is 4.39 Å². The first-order chi connectivity index (χ1) is 12.6. The van der Waals surface area contributed by atoms with E-state index in [9.17, 15) is 9.18 Å². The number of halogens is 2. The molecule has 0 fully saturated rings. The highest BCUT2D eigenvalue weighted by Gasteiger charge is 2.05. The maximum absolute atomic E-state index is 13.1. The van der Waals surface area contributed by atoms with Gasteiger partial charge in [-0.1, -0.05) is 41.9 Å². The summed E-state index contributed by atoms with van der Waals surface area (Å²) in [4.78, 5) is 12.1. The first kappa shape index (κ1) is 18.0. The summed E-state index contributed by atoms with van der Waals surface area (Å²) < 4.78 is 13.1. The molecule has 0 spiro atoms. The molecule has 2 N–H and O–H groups in total. The van der Waals surface area contributed by atoms with Crippen LogP contribution in [-0.4, -0.2) is 5.91 Å². The van der Waals surface area contributed by atoms with Crippen molar-refractivity contribution >= 4 is 28.9 Å². The molecule has 132 valence electrons. The van der Waals surface area contributed by atoms with Crippen molar-refractivity contribution in [1.82, 2.24) is 0 Å². The van der Waals surface area contributed by atoms with Gasteiger partial charge in [0.05, 0.1) is 6.42 Å². The number of hydrogen-bond acceptors (Lipinski definition) is 2. The van der Waals surface area contributed by atoms with Crippen LogP contribution in [0, 0.1) is 5.82 Å². The minimum Gasteiger partial charge on any atom is -0.381 e. The van der Waals surface area contributed by atoms with E-state index in [1.807, 2.05) is 48.5 Å². The Hall–Kier alpha value is -2.85. The number of anilines is 2. The molecule has 0 bridgehead atoms. The van der Waals surface area contributed by atoms with Gasteiger partial charge in [0.25, 0.3) is 0 Å². The molecular formula is C21H18ClFN2O. The van der Waals surface area contributed by atoms with Crippen LogP contribution in [0.15, 0.2) is 72.8 Å². The van der Waals surface area contributed by atoms with E-state index < -0.39 is 0 Å². The highest BCUT2D eigenvalue weighted by molar-refractivity contribution is 6.30. The van der Waals surface area contributed by atoms with Crippen LogP contribution < -0.4 is 10.6 Å². The fourth-order valence-corrected chi connectivity index (χ4v) is 2.76. The van der Waals surface area contributed by atoms with Gasteiger partial charge in [0.15, 0.2) is 0 Å². The Balaban J connectivity index is 1.53. The van der Waals surface area contributed by atoms with E-state index in [1.54, 1.807) is 12.1 Å². The molecule has 0 atom stereocenters. The number of amides is 1. The van der Waals surface area contributed by atoms with Crippen molar-refractivity contribution in [2.45, 2.75) is 13.0 Å². The number of nitrogens with one attached hydrogen (secondary N) is 2. The molecule has 0 heterocycles. The largest absolute Gasteiger partial charge is 0.381 e. The van der Waals surface area contributed by atoms with Crippen LogP contribution in [0.3, 0.4) is 0 Å². The molecule has 0 saturated heterocycles. The average molecular weight is 369 g/mol. The lowest BCUT2D eigenvalue weighted by atomic mass is 10.1. The van der Waals surface area contributed by atoms with Crippen LogP contribution in [0.1, 0.15) is 11.1 Å². The van der Waals surface area contributed by atoms with Gasteiger partial charge in [-0.3, -0.25) is 4.79 Å². The van der Waals surface area contributed by atoms with Crippen LogP contribution in [0.2, 0.25) is 5.02 Å². The van der Waals surface area contributed by atoms with Gasteiger partial charge in [-0.2, -0.15) is 0 Å². The lowest BCUT2D eigenvalue weighted by Crippen LogP contribution is -2.14. The van der Waals surface area contributed by atoms with Crippen LogP contribution in [0.5, 0.6) is 0 Å². The predicted octanol–water partition coefficient (Wildman–Crippen LogP) is 5.27. The van der Waals surface area contributed by atoms with Crippen LogP contribution in [0.25, 0.3) is 0 Å². The second kappa shape index (κ2) is 8.50. The van der Waals surface area contributed by atoms with Gasteiger partial charge in [-0.15, -0.1) is 0 Å². The molecule has 3 rings (SSSR count). The molecule has 3 aromatic rings. The summed E-state index contributed by atoms with van der Waals surface area (Å²) in [6.45, 7) is 0.667. The number of hydrogen-bond donors (Lipinski definition) is 2. The fraction of sp³-hybridized carbons (Fsp3) is 0.0952. The van der Waals surface area contributed by atoms with E-state index in [0.717, 1.165) is 16.8 Å². The maximum atomic E-state index is 13.1. The van der Waals surface area contributed by atoms with Crippen LogP contribution >= 0.6 is 11.6 Å². The highest BCUT2D eigenvalue weighted by atomic mass is 35.5. The number of carbonyl (C=O) groups excluding carboxylic acids is 1. The number of rotatable bonds is 6. The molecule has 0 unspecified atom stereocenters. The number of carbonyl (C=O) groups is 1. The Morgan fingerprint density at radius 2 is 1.65 bits per heavy atom. The first-order valence-corrected chi connectivity index (χ1v) is 8.59. The quantitative estimate of drug-likeness (QED) is 0.622. The van der Waals surface area contributed by atoms with Gasteiger partial charge < -0.3 is 10.6 Å². The van der Waals surface area contributed by atoms with Crippen LogP contribution in [0.4, 0.5) is 15.8 Å². The molecule has 26 heavy (non-hydrogen) atoms. The summed E-state index contributed by atoms with van der Waals surface area (Å²) in [5.41, 5.74) is 3.39. The highest BCUT2D eigenvalue weighted by Crippen LogP contribution is 2.15. The van der Waals surface area contributed by atoms with Gasteiger partial charge in [-0.05, 0) is 53.6 Å². The molecule has 0 aliphatic rings. The van der Waals surface area contributed by atoms with E-state index in [1.165, 1.54) is 12.1 Å². The zero-order valence-corrected chi connectivity index (χ0v) is 14.8. The van der Waals surface area contributed by atoms with Gasteiger partial charge in [0, 0.05) is 22.9 Å². The monoisotopic (exact) mass is 368 g/mol. The van der Waals surface area contributed by atoms with Crippen molar-refractivity contribution in [3.63, 3.8) is 0 Å². The van der Waals surface area contributed by atoms with Crippen LogP contribution in [-0.2, 0) is 17.8 Å².